The highest BCUT2D eigenvalue weighted by atomic mass is 14.7. The zero-order valence-electron chi connectivity index (χ0n) is 15.8. The molecule has 5 rings (SSSR count). The normalized spacial score (nSPS) is 30.4. The van der Waals surface area contributed by atoms with Gasteiger partial charge in [0.25, 0.3) is 0 Å². The van der Waals surface area contributed by atoms with Gasteiger partial charge >= 0.3 is 0 Å². The van der Waals surface area contributed by atoms with Crippen molar-refractivity contribution in [3.8, 4) is 0 Å². The summed E-state index contributed by atoms with van der Waals surface area (Å²) in [5, 5.41) is 3.94. The van der Waals surface area contributed by atoms with Crippen molar-refractivity contribution in [1.82, 2.24) is 4.98 Å². The second-order valence-electron chi connectivity index (χ2n) is 9.70. The van der Waals surface area contributed by atoms with E-state index in [1.165, 1.54) is 52.9 Å². The van der Waals surface area contributed by atoms with Gasteiger partial charge in [-0.25, -0.2) is 0 Å². The maximum Gasteiger partial charge on any atom is 0.0783 e. The molecule has 2 aliphatic rings. The van der Waals surface area contributed by atoms with E-state index in [2.05, 4.69) is 70.3 Å². The van der Waals surface area contributed by atoms with Crippen LogP contribution in [0, 0.1) is 10.8 Å². The molecule has 128 valence electrons. The molecule has 1 nitrogen and oxygen atoms in total. The number of hydrogen-bond acceptors (Lipinski definition) is 1. The van der Waals surface area contributed by atoms with E-state index in [1.54, 1.807) is 5.56 Å². The van der Waals surface area contributed by atoms with Gasteiger partial charge in [-0.2, -0.15) is 0 Å². The molecule has 1 heterocycles. The average Bonchev–Trinajstić information content (AvgIpc) is 3.09. The number of hydrogen-bond donors (Lipinski definition) is 0. The number of pyridine rings is 1. The fourth-order valence-electron chi connectivity index (χ4n) is 5.92. The van der Waals surface area contributed by atoms with Crippen molar-refractivity contribution < 1.29 is 0 Å². The van der Waals surface area contributed by atoms with Gasteiger partial charge in [-0.15, -0.1) is 0 Å². The third kappa shape index (κ3) is 2.05. The molecule has 1 aromatic heterocycles. The Bertz CT molecular complexity index is 1020. The highest BCUT2D eigenvalue weighted by Crippen LogP contribution is 2.70. The van der Waals surface area contributed by atoms with Crippen molar-refractivity contribution in [3.05, 3.63) is 53.7 Å². The van der Waals surface area contributed by atoms with Gasteiger partial charge in [0.05, 0.1) is 5.52 Å². The summed E-state index contributed by atoms with van der Waals surface area (Å²) in [6.45, 7) is 9.92. The number of aryl methyl sites for hydroxylation is 1. The van der Waals surface area contributed by atoms with Gasteiger partial charge in [-0.05, 0) is 58.4 Å². The Kier molecular flexibility index (Phi) is 2.85. The quantitative estimate of drug-likeness (QED) is 0.434. The van der Waals surface area contributed by atoms with Gasteiger partial charge < -0.3 is 0 Å². The van der Waals surface area contributed by atoms with Crippen LogP contribution in [0.25, 0.3) is 21.7 Å². The number of nitrogens with zero attached hydrogens (tertiary/aromatic N) is 1. The lowest BCUT2D eigenvalue weighted by Gasteiger charge is -2.36. The monoisotopic (exact) mass is 329 g/mol. The van der Waals surface area contributed by atoms with Crippen LogP contribution in [0.3, 0.4) is 0 Å². The van der Waals surface area contributed by atoms with Crippen LogP contribution < -0.4 is 0 Å². The molecule has 0 radical (unpaired) electrons. The number of fused-ring (bicyclic) bond motifs is 6. The molecule has 3 aromatic rings. The van der Waals surface area contributed by atoms with Gasteiger partial charge in [0.2, 0.25) is 0 Å². The first-order valence-electron chi connectivity index (χ1n) is 9.63. The van der Waals surface area contributed by atoms with Crippen molar-refractivity contribution in [1.29, 1.82) is 0 Å². The predicted octanol–water partition coefficient (Wildman–Crippen LogP) is 6.42. The highest BCUT2D eigenvalue weighted by molar-refractivity contribution is 6.06. The minimum absolute atomic E-state index is 0.186. The Morgan fingerprint density at radius 2 is 1.64 bits per heavy atom. The van der Waals surface area contributed by atoms with Crippen molar-refractivity contribution in [2.45, 2.75) is 58.8 Å². The molecule has 2 unspecified atom stereocenters. The molecule has 2 atom stereocenters. The second kappa shape index (κ2) is 4.63. The number of rotatable bonds is 0. The van der Waals surface area contributed by atoms with E-state index in [-0.39, 0.29) is 5.41 Å². The summed E-state index contributed by atoms with van der Waals surface area (Å²) in [5.41, 5.74) is 5.42. The first kappa shape index (κ1) is 15.4. The Morgan fingerprint density at radius 3 is 2.48 bits per heavy atom. The van der Waals surface area contributed by atoms with Crippen molar-refractivity contribution in [2.75, 3.05) is 0 Å². The third-order valence-corrected chi connectivity index (χ3v) is 7.41. The van der Waals surface area contributed by atoms with Crippen molar-refractivity contribution in [2.24, 2.45) is 10.8 Å². The van der Waals surface area contributed by atoms with Crippen LogP contribution in [0.2, 0.25) is 0 Å². The predicted molar refractivity (Wildman–Crippen MR) is 106 cm³/mol. The number of aromatic nitrogens is 1. The van der Waals surface area contributed by atoms with Crippen LogP contribution in [0.4, 0.5) is 0 Å². The molecular formula is C24H27N. The summed E-state index contributed by atoms with van der Waals surface area (Å²) >= 11 is 0. The van der Waals surface area contributed by atoms with Crippen molar-refractivity contribution >= 4 is 21.7 Å². The lowest BCUT2D eigenvalue weighted by molar-refractivity contribution is 0.271. The first-order chi connectivity index (χ1) is 11.8. The molecule has 2 aromatic carbocycles. The molecule has 0 amide bonds. The summed E-state index contributed by atoms with van der Waals surface area (Å²) in [7, 11) is 0. The van der Waals surface area contributed by atoms with E-state index >= 15 is 0 Å². The first-order valence-corrected chi connectivity index (χ1v) is 9.63. The Hall–Kier alpha value is -1.89. The minimum atomic E-state index is 0.186. The smallest absolute Gasteiger partial charge is 0.0783 e. The molecule has 1 saturated carbocycles. The van der Waals surface area contributed by atoms with E-state index in [9.17, 15) is 0 Å². The van der Waals surface area contributed by atoms with Gasteiger partial charge in [0, 0.05) is 17.0 Å². The van der Waals surface area contributed by atoms with Crippen LogP contribution >= 0.6 is 0 Å². The zero-order valence-corrected chi connectivity index (χ0v) is 15.8. The molecule has 0 bridgehead atoms. The molecule has 2 aliphatic carbocycles. The average molecular weight is 329 g/mol. The maximum absolute atomic E-state index is 4.94. The van der Waals surface area contributed by atoms with Crippen molar-refractivity contribution in [3.63, 3.8) is 0 Å². The summed E-state index contributed by atoms with van der Waals surface area (Å²) in [6, 6.07) is 13.2. The summed E-state index contributed by atoms with van der Waals surface area (Å²) in [5.74, 6) is 0. The zero-order chi connectivity index (χ0) is 17.4. The van der Waals surface area contributed by atoms with Crippen LogP contribution in [0.15, 0.2) is 42.6 Å². The number of benzene rings is 2. The standard InChI is InChI=1S/C24H27N/c1-22(2)14-24(4)15-23(24,3)12-11-17-13-25-21-18-8-6-5-7-16(18)9-10-19(21)20(17)22/h5-10,13H,11-12,14-15H2,1-4H3. The van der Waals surface area contributed by atoms with Gasteiger partial charge in [0.1, 0.15) is 0 Å². The topological polar surface area (TPSA) is 12.9 Å². The summed E-state index contributed by atoms with van der Waals surface area (Å²) < 4.78 is 0. The Balaban J connectivity index is 1.81. The Labute approximate surface area is 150 Å². The molecule has 0 spiro atoms. The largest absolute Gasteiger partial charge is 0.255 e. The minimum Gasteiger partial charge on any atom is -0.255 e. The molecule has 1 fully saturated rings. The molecule has 0 aliphatic heterocycles. The van der Waals surface area contributed by atoms with E-state index in [1.807, 2.05) is 0 Å². The van der Waals surface area contributed by atoms with Crippen LogP contribution in [0.5, 0.6) is 0 Å². The van der Waals surface area contributed by atoms with E-state index < -0.39 is 0 Å². The summed E-state index contributed by atoms with van der Waals surface area (Å²) in [4.78, 5) is 4.94. The Morgan fingerprint density at radius 1 is 0.840 bits per heavy atom. The van der Waals surface area contributed by atoms with E-state index in [4.69, 9.17) is 4.98 Å². The fourth-order valence-corrected chi connectivity index (χ4v) is 5.92. The summed E-state index contributed by atoms with van der Waals surface area (Å²) in [6.07, 6.45) is 7.30. The van der Waals surface area contributed by atoms with Gasteiger partial charge in [-0.3, -0.25) is 4.98 Å². The molecule has 1 heteroatoms. The van der Waals surface area contributed by atoms with Gasteiger partial charge in [-0.1, -0.05) is 64.1 Å². The molecule has 25 heavy (non-hydrogen) atoms. The van der Waals surface area contributed by atoms with Crippen LogP contribution in [-0.4, -0.2) is 4.98 Å². The van der Waals surface area contributed by atoms with Gasteiger partial charge in [0.15, 0.2) is 0 Å². The van der Waals surface area contributed by atoms with E-state index in [0.29, 0.717) is 10.8 Å². The maximum atomic E-state index is 4.94. The lowest BCUT2D eigenvalue weighted by atomic mass is 9.68. The third-order valence-electron chi connectivity index (χ3n) is 7.41. The fraction of sp³-hybridized carbons (Fsp3) is 0.458. The molecular weight excluding hydrogens is 302 g/mol. The molecule has 0 N–H and O–H groups in total. The lowest BCUT2D eigenvalue weighted by Crippen LogP contribution is -2.28. The SMILES string of the molecule is CC1(C)CC2(C)CC2(C)CCc2cnc3c(ccc4ccccc43)c21. The van der Waals surface area contributed by atoms with Crippen LogP contribution in [-0.2, 0) is 11.8 Å². The second-order valence-corrected chi connectivity index (χ2v) is 9.70. The van der Waals surface area contributed by atoms with E-state index in [0.717, 1.165) is 0 Å². The highest BCUT2D eigenvalue weighted by Gasteiger charge is 2.62. The van der Waals surface area contributed by atoms with Crippen LogP contribution in [0.1, 0.15) is 58.1 Å². The molecule has 0 saturated heterocycles.